The molecule has 0 radical (unpaired) electrons. The van der Waals surface area contributed by atoms with E-state index in [0.717, 1.165) is 39.4 Å². The molecule has 0 aromatic rings. The molecule has 0 amide bonds. The van der Waals surface area contributed by atoms with Gasteiger partial charge in [-0.3, -0.25) is 0 Å². The van der Waals surface area contributed by atoms with Crippen LogP contribution in [0.25, 0.3) is 0 Å². The summed E-state index contributed by atoms with van der Waals surface area (Å²) in [6.07, 6.45) is 3.71. The Hall–Kier alpha value is -0.380. The second-order valence-electron chi connectivity index (χ2n) is 5.21. The van der Waals surface area contributed by atoms with Crippen molar-refractivity contribution in [1.82, 2.24) is 10.2 Å². The zero-order chi connectivity index (χ0) is 12.5. The van der Waals surface area contributed by atoms with E-state index < -0.39 is 0 Å². The molecule has 0 spiro atoms. The standard InChI is InChI=1S/C14H28N2O/c1-4-7-15-9-13(2)10-16(3)11-14-6-5-8-17-12-14/h14-15H,2,4-12H2,1,3H3. The van der Waals surface area contributed by atoms with E-state index in [9.17, 15) is 0 Å². The molecule has 1 N–H and O–H groups in total. The van der Waals surface area contributed by atoms with Crippen molar-refractivity contribution < 1.29 is 4.74 Å². The Bertz CT molecular complexity index is 212. The van der Waals surface area contributed by atoms with Gasteiger partial charge in [0.1, 0.15) is 0 Å². The molecular formula is C14H28N2O. The number of nitrogens with one attached hydrogen (secondary N) is 1. The third-order valence-corrected chi connectivity index (χ3v) is 3.12. The van der Waals surface area contributed by atoms with Crippen molar-refractivity contribution in [2.45, 2.75) is 26.2 Å². The fraction of sp³-hybridized carbons (Fsp3) is 0.857. The number of hydrogen-bond acceptors (Lipinski definition) is 3. The van der Waals surface area contributed by atoms with Crippen molar-refractivity contribution in [3.8, 4) is 0 Å². The van der Waals surface area contributed by atoms with Gasteiger partial charge in [-0.2, -0.15) is 0 Å². The Morgan fingerprint density at radius 1 is 1.53 bits per heavy atom. The zero-order valence-corrected chi connectivity index (χ0v) is 11.5. The quantitative estimate of drug-likeness (QED) is 0.518. The molecule has 1 aliphatic heterocycles. The summed E-state index contributed by atoms with van der Waals surface area (Å²) in [6.45, 7) is 12.3. The van der Waals surface area contributed by atoms with Crippen LogP contribution in [-0.4, -0.2) is 51.3 Å². The molecule has 1 fully saturated rings. The number of hydrogen-bond donors (Lipinski definition) is 1. The lowest BCUT2D eigenvalue weighted by Gasteiger charge is -2.27. The molecule has 1 atom stereocenters. The van der Waals surface area contributed by atoms with Crippen LogP contribution in [0.5, 0.6) is 0 Å². The number of likely N-dealkylation sites (N-methyl/N-ethyl adjacent to an activating group) is 1. The molecule has 3 heteroatoms. The van der Waals surface area contributed by atoms with Crippen LogP contribution >= 0.6 is 0 Å². The van der Waals surface area contributed by atoms with Gasteiger partial charge in [-0.1, -0.05) is 13.5 Å². The van der Waals surface area contributed by atoms with Crippen molar-refractivity contribution in [3.63, 3.8) is 0 Å². The lowest BCUT2D eigenvalue weighted by molar-refractivity contribution is 0.0431. The summed E-state index contributed by atoms with van der Waals surface area (Å²) in [4.78, 5) is 2.37. The molecule has 1 aliphatic rings. The Morgan fingerprint density at radius 3 is 3.00 bits per heavy atom. The van der Waals surface area contributed by atoms with E-state index in [2.05, 4.69) is 30.8 Å². The predicted octanol–water partition coefficient (Wildman–Crippen LogP) is 1.90. The molecule has 1 heterocycles. The fourth-order valence-electron chi connectivity index (χ4n) is 2.34. The minimum Gasteiger partial charge on any atom is -0.381 e. The Labute approximate surface area is 106 Å². The van der Waals surface area contributed by atoms with Gasteiger partial charge in [-0.15, -0.1) is 0 Å². The van der Waals surface area contributed by atoms with Gasteiger partial charge >= 0.3 is 0 Å². The molecule has 17 heavy (non-hydrogen) atoms. The SMILES string of the molecule is C=C(CNCCC)CN(C)CC1CCCOC1. The van der Waals surface area contributed by atoms with Gasteiger partial charge in [0.05, 0.1) is 6.61 Å². The number of rotatable bonds is 8. The van der Waals surface area contributed by atoms with Crippen LogP contribution in [0.1, 0.15) is 26.2 Å². The molecule has 0 aliphatic carbocycles. The summed E-state index contributed by atoms with van der Waals surface area (Å²) >= 11 is 0. The summed E-state index contributed by atoms with van der Waals surface area (Å²) < 4.78 is 5.51. The Kier molecular flexibility index (Phi) is 7.49. The number of nitrogens with zero attached hydrogens (tertiary/aromatic N) is 1. The minimum absolute atomic E-state index is 0.713. The summed E-state index contributed by atoms with van der Waals surface area (Å²) in [5.41, 5.74) is 1.28. The molecule has 3 nitrogen and oxygen atoms in total. The summed E-state index contributed by atoms with van der Waals surface area (Å²) in [7, 11) is 2.18. The summed E-state index contributed by atoms with van der Waals surface area (Å²) in [6, 6.07) is 0. The molecular weight excluding hydrogens is 212 g/mol. The molecule has 1 unspecified atom stereocenters. The van der Waals surface area contributed by atoms with Crippen LogP contribution < -0.4 is 5.32 Å². The first-order valence-electron chi connectivity index (χ1n) is 6.86. The van der Waals surface area contributed by atoms with Gasteiger partial charge in [0.25, 0.3) is 0 Å². The van der Waals surface area contributed by atoms with Crippen molar-refractivity contribution in [1.29, 1.82) is 0 Å². The lowest BCUT2D eigenvalue weighted by Crippen LogP contribution is -2.33. The Balaban J connectivity index is 2.10. The maximum absolute atomic E-state index is 5.51. The highest BCUT2D eigenvalue weighted by Gasteiger charge is 2.15. The highest BCUT2D eigenvalue weighted by molar-refractivity contribution is 4.99. The van der Waals surface area contributed by atoms with Gasteiger partial charge < -0.3 is 15.0 Å². The normalized spacial score (nSPS) is 20.8. The monoisotopic (exact) mass is 240 g/mol. The van der Waals surface area contributed by atoms with E-state index in [4.69, 9.17) is 4.74 Å². The van der Waals surface area contributed by atoms with Gasteiger partial charge in [0.15, 0.2) is 0 Å². The van der Waals surface area contributed by atoms with E-state index >= 15 is 0 Å². The predicted molar refractivity (Wildman–Crippen MR) is 73.3 cm³/mol. The molecule has 1 rings (SSSR count). The molecule has 0 aromatic carbocycles. The smallest absolute Gasteiger partial charge is 0.0506 e. The molecule has 0 aromatic heterocycles. The molecule has 0 bridgehead atoms. The second-order valence-corrected chi connectivity index (χ2v) is 5.21. The van der Waals surface area contributed by atoms with Crippen molar-refractivity contribution in [2.24, 2.45) is 5.92 Å². The average molecular weight is 240 g/mol. The van der Waals surface area contributed by atoms with Crippen LogP contribution in [0.4, 0.5) is 0 Å². The maximum Gasteiger partial charge on any atom is 0.0506 e. The number of ether oxygens (including phenoxy) is 1. The van der Waals surface area contributed by atoms with Crippen molar-refractivity contribution >= 4 is 0 Å². The summed E-state index contributed by atoms with van der Waals surface area (Å²) in [5.74, 6) is 0.713. The van der Waals surface area contributed by atoms with E-state index in [0.29, 0.717) is 5.92 Å². The van der Waals surface area contributed by atoms with Gasteiger partial charge in [0.2, 0.25) is 0 Å². The second kappa shape index (κ2) is 8.67. The van der Waals surface area contributed by atoms with E-state index in [-0.39, 0.29) is 0 Å². The van der Waals surface area contributed by atoms with Crippen molar-refractivity contribution in [2.75, 3.05) is 46.4 Å². The van der Waals surface area contributed by atoms with E-state index in [1.165, 1.54) is 24.8 Å². The summed E-state index contributed by atoms with van der Waals surface area (Å²) in [5, 5.41) is 3.39. The van der Waals surface area contributed by atoms with Crippen LogP contribution in [0.3, 0.4) is 0 Å². The van der Waals surface area contributed by atoms with Crippen LogP contribution in [0.2, 0.25) is 0 Å². The first-order valence-corrected chi connectivity index (χ1v) is 6.86. The van der Waals surface area contributed by atoms with Gasteiger partial charge in [0, 0.05) is 26.2 Å². The first kappa shape index (κ1) is 14.7. The molecule has 0 saturated carbocycles. The maximum atomic E-state index is 5.51. The largest absolute Gasteiger partial charge is 0.381 e. The topological polar surface area (TPSA) is 24.5 Å². The zero-order valence-electron chi connectivity index (χ0n) is 11.5. The van der Waals surface area contributed by atoms with E-state index in [1.807, 2.05) is 0 Å². The van der Waals surface area contributed by atoms with Crippen LogP contribution in [-0.2, 0) is 4.74 Å². The fourth-order valence-corrected chi connectivity index (χ4v) is 2.34. The molecule has 100 valence electrons. The van der Waals surface area contributed by atoms with Crippen LogP contribution in [0.15, 0.2) is 12.2 Å². The van der Waals surface area contributed by atoms with Crippen LogP contribution in [0, 0.1) is 5.92 Å². The lowest BCUT2D eigenvalue weighted by atomic mass is 10.0. The average Bonchev–Trinajstić information content (AvgIpc) is 2.30. The Morgan fingerprint density at radius 2 is 2.35 bits per heavy atom. The molecule has 1 saturated heterocycles. The third kappa shape index (κ3) is 6.81. The third-order valence-electron chi connectivity index (χ3n) is 3.12. The van der Waals surface area contributed by atoms with Gasteiger partial charge in [-0.25, -0.2) is 0 Å². The highest BCUT2D eigenvalue weighted by atomic mass is 16.5. The first-order chi connectivity index (χ1) is 8.22. The van der Waals surface area contributed by atoms with Crippen molar-refractivity contribution in [3.05, 3.63) is 12.2 Å². The van der Waals surface area contributed by atoms with Gasteiger partial charge in [-0.05, 0) is 44.3 Å². The minimum atomic E-state index is 0.713. The highest BCUT2D eigenvalue weighted by Crippen LogP contribution is 2.14. The van der Waals surface area contributed by atoms with E-state index in [1.54, 1.807) is 0 Å².